The number of primary amides is 1. The van der Waals surface area contributed by atoms with Crippen LogP contribution in [0.4, 0.5) is 0 Å². The number of hydrogen-bond donors (Lipinski definition) is 2. The Hall–Kier alpha value is -3.33. The van der Waals surface area contributed by atoms with Gasteiger partial charge in [-0.3, -0.25) is 19.4 Å². The topological polar surface area (TPSA) is 128 Å². The summed E-state index contributed by atoms with van der Waals surface area (Å²) in [6.45, 7) is 0. The van der Waals surface area contributed by atoms with Gasteiger partial charge in [-0.05, 0) is 23.8 Å². The Balaban J connectivity index is 1.83. The minimum Gasteiger partial charge on any atom is -0.472 e. The van der Waals surface area contributed by atoms with E-state index in [2.05, 4.69) is 15.3 Å². The quantitative estimate of drug-likeness (QED) is 0.601. The molecule has 3 N–H and O–H groups in total. The van der Waals surface area contributed by atoms with E-state index in [0.717, 1.165) is 11.3 Å². The number of furan rings is 1. The molecule has 0 bridgehead atoms. The van der Waals surface area contributed by atoms with E-state index < -0.39 is 23.6 Å². The van der Waals surface area contributed by atoms with Crippen molar-refractivity contribution < 1.29 is 18.8 Å². The number of hydrogen-bond acceptors (Lipinski definition) is 7. The van der Waals surface area contributed by atoms with E-state index in [1.165, 1.54) is 18.0 Å². The maximum Gasteiger partial charge on any atom is 0.287 e. The summed E-state index contributed by atoms with van der Waals surface area (Å²) in [5.41, 5.74) is 8.20. The maximum atomic E-state index is 12.7. The van der Waals surface area contributed by atoms with E-state index in [0.29, 0.717) is 17.0 Å². The van der Waals surface area contributed by atoms with Crippen LogP contribution in [0.15, 0.2) is 52.9 Å². The van der Waals surface area contributed by atoms with Gasteiger partial charge < -0.3 is 15.5 Å². The van der Waals surface area contributed by atoms with E-state index in [4.69, 9.17) is 10.2 Å². The molecule has 0 saturated carbocycles. The van der Waals surface area contributed by atoms with Gasteiger partial charge in [0.15, 0.2) is 0 Å². The highest BCUT2D eigenvalue weighted by Crippen LogP contribution is 2.23. The number of amides is 2. The van der Waals surface area contributed by atoms with Crippen molar-refractivity contribution in [1.29, 1.82) is 0 Å². The van der Waals surface area contributed by atoms with Crippen LogP contribution in [0, 0.1) is 0 Å². The fourth-order valence-corrected chi connectivity index (χ4v) is 3.04. The lowest BCUT2D eigenvalue weighted by Gasteiger charge is -2.15. The molecule has 2 amide bonds. The van der Waals surface area contributed by atoms with Gasteiger partial charge in [-0.15, -0.1) is 11.3 Å². The van der Waals surface area contributed by atoms with Crippen molar-refractivity contribution in [3.8, 4) is 11.4 Å². The van der Waals surface area contributed by atoms with Gasteiger partial charge in [-0.2, -0.15) is 0 Å². The van der Waals surface area contributed by atoms with Gasteiger partial charge in [0, 0.05) is 12.6 Å². The molecule has 3 aromatic heterocycles. The Kier molecular flexibility index (Phi) is 5.18. The summed E-state index contributed by atoms with van der Waals surface area (Å²) in [6.07, 6.45) is 4.54. The Labute approximate surface area is 152 Å². The molecule has 0 fully saturated rings. The first-order valence-corrected chi connectivity index (χ1v) is 8.44. The molecule has 9 heteroatoms. The fourth-order valence-electron chi connectivity index (χ4n) is 2.34. The third kappa shape index (κ3) is 3.83. The molecule has 0 radical (unpaired) electrons. The summed E-state index contributed by atoms with van der Waals surface area (Å²) in [5.74, 6) is -2.53. The van der Waals surface area contributed by atoms with Crippen molar-refractivity contribution in [1.82, 2.24) is 15.3 Å². The van der Waals surface area contributed by atoms with Crippen LogP contribution in [-0.2, 0) is 16.0 Å². The standard InChI is InChI=1S/C17H14N4O4S/c18-16(23)14(22)12(7-10-4-6-25-8-10)21-17(24)15-13(20-9-26-15)11-3-1-2-5-19-11/h1-6,8-9,12H,7H2,(H2,18,23)(H,21,24). The van der Waals surface area contributed by atoms with Crippen LogP contribution in [0.25, 0.3) is 11.4 Å². The Morgan fingerprint density at radius 3 is 2.73 bits per heavy atom. The van der Waals surface area contributed by atoms with E-state index in [1.807, 2.05) is 0 Å². The Bertz CT molecular complexity index is 921. The molecular weight excluding hydrogens is 356 g/mol. The second kappa shape index (κ2) is 7.70. The van der Waals surface area contributed by atoms with E-state index >= 15 is 0 Å². The maximum absolute atomic E-state index is 12.7. The first-order chi connectivity index (χ1) is 12.6. The molecule has 132 valence electrons. The zero-order chi connectivity index (χ0) is 18.5. The predicted octanol–water partition coefficient (Wildman–Crippen LogP) is 1.19. The Morgan fingerprint density at radius 2 is 2.08 bits per heavy atom. The lowest BCUT2D eigenvalue weighted by atomic mass is 10.0. The molecule has 1 unspecified atom stereocenters. The highest BCUT2D eigenvalue weighted by molar-refractivity contribution is 7.12. The summed E-state index contributed by atoms with van der Waals surface area (Å²) in [6, 6.07) is 5.79. The predicted molar refractivity (Wildman–Crippen MR) is 93.2 cm³/mol. The van der Waals surface area contributed by atoms with Gasteiger partial charge in [-0.1, -0.05) is 6.07 Å². The molecule has 0 saturated heterocycles. The average Bonchev–Trinajstić information content (AvgIpc) is 3.32. The van der Waals surface area contributed by atoms with Crippen molar-refractivity contribution in [2.75, 3.05) is 0 Å². The number of ketones is 1. The third-order valence-electron chi connectivity index (χ3n) is 3.57. The lowest BCUT2D eigenvalue weighted by Crippen LogP contribution is -2.47. The van der Waals surface area contributed by atoms with Crippen LogP contribution in [0.5, 0.6) is 0 Å². The van der Waals surface area contributed by atoms with Gasteiger partial charge in [0.25, 0.3) is 11.8 Å². The van der Waals surface area contributed by atoms with Crippen molar-refractivity contribution in [2.24, 2.45) is 5.73 Å². The number of rotatable bonds is 7. The van der Waals surface area contributed by atoms with Crippen molar-refractivity contribution in [3.05, 3.63) is 58.9 Å². The average molecular weight is 370 g/mol. The fraction of sp³-hybridized carbons (Fsp3) is 0.118. The number of nitrogens with zero attached hydrogens (tertiary/aromatic N) is 2. The second-order valence-electron chi connectivity index (χ2n) is 5.34. The molecule has 0 aliphatic rings. The van der Waals surface area contributed by atoms with Crippen molar-refractivity contribution in [3.63, 3.8) is 0 Å². The van der Waals surface area contributed by atoms with Gasteiger partial charge in [-0.25, -0.2) is 4.98 Å². The van der Waals surface area contributed by atoms with Gasteiger partial charge >= 0.3 is 0 Å². The van der Waals surface area contributed by atoms with Crippen molar-refractivity contribution >= 4 is 28.9 Å². The van der Waals surface area contributed by atoms with Crippen molar-refractivity contribution in [2.45, 2.75) is 12.5 Å². The van der Waals surface area contributed by atoms with E-state index in [1.54, 1.807) is 30.5 Å². The highest BCUT2D eigenvalue weighted by atomic mass is 32.1. The van der Waals surface area contributed by atoms with Crippen LogP contribution in [0.1, 0.15) is 15.2 Å². The lowest BCUT2D eigenvalue weighted by molar-refractivity contribution is -0.137. The van der Waals surface area contributed by atoms with Gasteiger partial charge in [0.2, 0.25) is 5.78 Å². The minimum absolute atomic E-state index is 0.0851. The smallest absolute Gasteiger partial charge is 0.287 e. The van der Waals surface area contributed by atoms with Crippen LogP contribution in [-0.4, -0.2) is 33.6 Å². The molecule has 26 heavy (non-hydrogen) atoms. The second-order valence-corrected chi connectivity index (χ2v) is 6.19. The molecule has 0 aliphatic carbocycles. The zero-order valence-corrected chi connectivity index (χ0v) is 14.2. The zero-order valence-electron chi connectivity index (χ0n) is 13.4. The third-order valence-corrected chi connectivity index (χ3v) is 4.39. The Morgan fingerprint density at radius 1 is 1.23 bits per heavy atom. The summed E-state index contributed by atoms with van der Waals surface area (Å²) in [5, 5.41) is 2.56. The largest absolute Gasteiger partial charge is 0.472 e. The van der Waals surface area contributed by atoms with Crippen LogP contribution < -0.4 is 11.1 Å². The number of carbonyl (C=O) groups is 3. The minimum atomic E-state index is -1.12. The first-order valence-electron chi connectivity index (χ1n) is 7.56. The number of thiazole rings is 1. The summed E-state index contributed by atoms with van der Waals surface area (Å²) in [7, 11) is 0. The molecule has 0 aliphatic heterocycles. The number of nitrogens with two attached hydrogens (primary N) is 1. The van der Waals surface area contributed by atoms with E-state index in [-0.39, 0.29) is 11.3 Å². The molecular formula is C17H14N4O4S. The molecule has 8 nitrogen and oxygen atoms in total. The van der Waals surface area contributed by atoms with E-state index in [9.17, 15) is 14.4 Å². The van der Waals surface area contributed by atoms with Gasteiger partial charge in [0.1, 0.15) is 16.6 Å². The molecule has 1 atom stereocenters. The highest BCUT2D eigenvalue weighted by Gasteiger charge is 2.28. The molecule has 0 spiro atoms. The number of nitrogens with one attached hydrogen (secondary N) is 1. The number of carbonyl (C=O) groups excluding carboxylic acids is 3. The monoisotopic (exact) mass is 370 g/mol. The molecule has 3 rings (SSSR count). The SMILES string of the molecule is NC(=O)C(=O)C(Cc1ccoc1)NC(=O)c1scnc1-c1ccccn1. The summed E-state index contributed by atoms with van der Waals surface area (Å²) >= 11 is 1.11. The number of aromatic nitrogens is 2. The molecule has 3 heterocycles. The molecule has 3 aromatic rings. The first kappa shape index (κ1) is 17.5. The normalized spacial score (nSPS) is 11.7. The van der Waals surface area contributed by atoms with Gasteiger partial charge in [0.05, 0.1) is 23.7 Å². The summed E-state index contributed by atoms with van der Waals surface area (Å²) < 4.78 is 4.95. The number of Topliss-reactive ketones (excluding diaryl/α,β-unsaturated/α-hetero) is 1. The van der Waals surface area contributed by atoms with Crippen LogP contribution in [0.2, 0.25) is 0 Å². The number of pyridine rings is 1. The molecule has 0 aromatic carbocycles. The van der Waals surface area contributed by atoms with Crippen LogP contribution in [0.3, 0.4) is 0 Å². The van der Waals surface area contributed by atoms with Crippen LogP contribution >= 0.6 is 11.3 Å². The summed E-state index contributed by atoms with van der Waals surface area (Å²) in [4.78, 5) is 44.7.